The van der Waals surface area contributed by atoms with Crippen LogP contribution in [-0.4, -0.2) is 11.3 Å². The number of thiophene rings is 1. The van der Waals surface area contributed by atoms with E-state index in [-0.39, 0.29) is 5.78 Å². The van der Waals surface area contributed by atoms with Gasteiger partial charge in [-0.05, 0) is 35.7 Å². The molecule has 2 N–H and O–H groups in total. The van der Waals surface area contributed by atoms with E-state index in [0.29, 0.717) is 12.8 Å². The van der Waals surface area contributed by atoms with Crippen molar-refractivity contribution in [1.29, 1.82) is 0 Å². The Morgan fingerprint density at radius 1 is 1.41 bits per heavy atom. The summed E-state index contributed by atoms with van der Waals surface area (Å²) in [5.74, 6) is 0.114. The summed E-state index contributed by atoms with van der Waals surface area (Å²) in [7, 11) is 0. The second-order valence-electron chi connectivity index (χ2n) is 4.63. The Bertz CT molecular complexity index is 542. The zero-order chi connectivity index (χ0) is 12.5. The third-order valence-electron chi connectivity index (χ3n) is 3.28. The van der Waals surface area contributed by atoms with Crippen LogP contribution in [-0.2, 0) is 11.2 Å². The largest absolute Gasteiger partial charge is 0.319 e. The van der Waals surface area contributed by atoms with Gasteiger partial charge in [-0.3, -0.25) is 4.79 Å². The van der Waals surface area contributed by atoms with Gasteiger partial charge in [-0.1, -0.05) is 25.1 Å². The predicted octanol–water partition coefficient (Wildman–Crippen LogP) is 3.14. The van der Waals surface area contributed by atoms with Gasteiger partial charge in [0.1, 0.15) is 0 Å². The minimum Gasteiger partial charge on any atom is -0.319 e. The lowest BCUT2D eigenvalue weighted by molar-refractivity contribution is -0.123. The van der Waals surface area contributed by atoms with E-state index >= 15 is 0 Å². The van der Waals surface area contributed by atoms with E-state index in [9.17, 15) is 4.79 Å². The highest BCUT2D eigenvalue weighted by molar-refractivity contribution is 7.17. The Morgan fingerprint density at radius 2 is 2.12 bits per heavy atom. The van der Waals surface area contributed by atoms with E-state index < -0.39 is 5.54 Å². The molecule has 2 nitrogen and oxygen atoms in total. The molecule has 1 unspecified atom stereocenters. The maximum atomic E-state index is 12.1. The maximum absolute atomic E-state index is 12.1. The molecule has 0 aliphatic carbocycles. The van der Waals surface area contributed by atoms with Crippen molar-refractivity contribution in [2.75, 3.05) is 0 Å². The number of Topliss-reactive ketones (excluding diaryl/α,β-unsaturated/α-hetero) is 1. The molecule has 0 saturated carbocycles. The van der Waals surface area contributed by atoms with E-state index in [1.807, 2.05) is 26.0 Å². The van der Waals surface area contributed by atoms with Crippen LogP contribution in [0.25, 0.3) is 10.1 Å². The lowest BCUT2D eigenvalue weighted by Gasteiger charge is -2.20. The molecule has 3 heteroatoms. The molecule has 1 aromatic heterocycles. The lowest BCUT2D eigenvalue weighted by Crippen LogP contribution is -2.45. The summed E-state index contributed by atoms with van der Waals surface area (Å²) in [6.07, 6.45) is 1.11. The molecular formula is C14H17NOS. The Hall–Kier alpha value is -1.19. The van der Waals surface area contributed by atoms with Gasteiger partial charge in [0.25, 0.3) is 0 Å². The topological polar surface area (TPSA) is 43.1 Å². The monoisotopic (exact) mass is 247 g/mol. The summed E-state index contributed by atoms with van der Waals surface area (Å²) < 4.78 is 1.23. The molecule has 1 atom stereocenters. The van der Waals surface area contributed by atoms with Crippen molar-refractivity contribution in [1.82, 2.24) is 0 Å². The third kappa shape index (κ3) is 2.40. The highest BCUT2D eigenvalue weighted by Gasteiger charge is 2.26. The molecule has 1 heterocycles. The quantitative estimate of drug-likeness (QED) is 0.902. The normalized spacial score (nSPS) is 14.8. The highest BCUT2D eigenvalue weighted by Crippen LogP contribution is 2.27. The average molecular weight is 247 g/mol. The summed E-state index contributed by atoms with van der Waals surface area (Å²) >= 11 is 1.68. The molecule has 0 radical (unpaired) electrons. The first-order chi connectivity index (χ1) is 8.04. The Morgan fingerprint density at radius 3 is 2.82 bits per heavy atom. The van der Waals surface area contributed by atoms with Crippen molar-refractivity contribution < 1.29 is 4.79 Å². The van der Waals surface area contributed by atoms with Crippen molar-refractivity contribution >= 4 is 27.2 Å². The molecule has 0 bridgehead atoms. The van der Waals surface area contributed by atoms with Gasteiger partial charge in [0.15, 0.2) is 5.78 Å². The number of benzene rings is 1. The van der Waals surface area contributed by atoms with E-state index in [1.165, 1.54) is 10.1 Å². The standard InChI is InChI=1S/C14H17NOS/c1-3-14(2,15)13(16)8-10-9-17-12-7-5-4-6-11(10)12/h4-7,9H,3,8,15H2,1-2H3. The first-order valence-electron chi connectivity index (χ1n) is 5.82. The van der Waals surface area contributed by atoms with Gasteiger partial charge in [0.2, 0.25) is 0 Å². The fourth-order valence-electron chi connectivity index (χ4n) is 1.74. The molecule has 2 aromatic rings. The van der Waals surface area contributed by atoms with Crippen LogP contribution in [0.15, 0.2) is 29.6 Å². The smallest absolute Gasteiger partial charge is 0.156 e. The first kappa shape index (κ1) is 12.3. The molecule has 0 saturated heterocycles. The number of hydrogen-bond acceptors (Lipinski definition) is 3. The second-order valence-corrected chi connectivity index (χ2v) is 5.54. The SMILES string of the molecule is CCC(C)(N)C(=O)Cc1csc2ccccc12. The molecule has 0 amide bonds. The van der Waals surface area contributed by atoms with Crippen LogP contribution in [0.2, 0.25) is 0 Å². The van der Waals surface area contributed by atoms with Crippen LogP contribution >= 0.6 is 11.3 Å². The molecule has 90 valence electrons. The molecule has 1 aromatic carbocycles. The molecule has 0 aliphatic rings. The minimum atomic E-state index is -0.705. The highest BCUT2D eigenvalue weighted by atomic mass is 32.1. The summed E-state index contributed by atoms with van der Waals surface area (Å²) in [6, 6.07) is 8.16. The van der Waals surface area contributed by atoms with Crippen LogP contribution in [0, 0.1) is 0 Å². The first-order valence-corrected chi connectivity index (χ1v) is 6.70. The van der Waals surface area contributed by atoms with Crippen LogP contribution in [0.5, 0.6) is 0 Å². The van der Waals surface area contributed by atoms with Gasteiger partial charge >= 0.3 is 0 Å². The van der Waals surface area contributed by atoms with E-state index in [2.05, 4.69) is 17.5 Å². The molecule has 2 rings (SSSR count). The molecule has 0 aliphatic heterocycles. The van der Waals surface area contributed by atoms with Gasteiger partial charge in [0, 0.05) is 11.1 Å². The third-order valence-corrected chi connectivity index (χ3v) is 4.30. The number of carbonyl (C=O) groups is 1. The second kappa shape index (κ2) is 4.59. The fraction of sp³-hybridized carbons (Fsp3) is 0.357. The van der Waals surface area contributed by atoms with Crippen molar-refractivity contribution in [3.05, 3.63) is 35.2 Å². The number of ketones is 1. The summed E-state index contributed by atoms with van der Waals surface area (Å²) in [4.78, 5) is 12.1. The Kier molecular flexibility index (Phi) is 3.31. The van der Waals surface area contributed by atoms with Gasteiger partial charge in [0.05, 0.1) is 5.54 Å². The maximum Gasteiger partial charge on any atom is 0.156 e. The molecule has 17 heavy (non-hydrogen) atoms. The number of carbonyl (C=O) groups excluding carboxylic acids is 1. The van der Waals surface area contributed by atoms with Crippen LogP contribution in [0.3, 0.4) is 0 Å². The van der Waals surface area contributed by atoms with Gasteiger partial charge in [-0.15, -0.1) is 11.3 Å². The minimum absolute atomic E-state index is 0.114. The lowest BCUT2D eigenvalue weighted by atomic mass is 9.90. The number of hydrogen-bond donors (Lipinski definition) is 1. The molecular weight excluding hydrogens is 230 g/mol. The van der Waals surface area contributed by atoms with Crippen LogP contribution < -0.4 is 5.73 Å². The zero-order valence-corrected chi connectivity index (χ0v) is 11.0. The van der Waals surface area contributed by atoms with Gasteiger partial charge in [-0.25, -0.2) is 0 Å². The zero-order valence-electron chi connectivity index (χ0n) is 10.2. The van der Waals surface area contributed by atoms with Gasteiger partial charge < -0.3 is 5.73 Å². The van der Waals surface area contributed by atoms with E-state index in [4.69, 9.17) is 5.73 Å². The average Bonchev–Trinajstić information content (AvgIpc) is 2.73. The Balaban J connectivity index is 2.28. The van der Waals surface area contributed by atoms with Crippen molar-refractivity contribution in [2.45, 2.75) is 32.2 Å². The van der Waals surface area contributed by atoms with Crippen molar-refractivity contribution in [2.24, 2.45) is 5.73 Å². The van der Waals surface area contributed by atoms with E-state index in [1.54, 1.807) is 11.3 Å². The molecule has 0 spiro atoms. The van der Waals surface area contributed by atoms with Crippen LogP contribution in [0.1, 0.15) is 25.8 Å². The van der Waals surface area contributed by atoms with Crippen molar-refractivity contribution in [3.63, 3.8) is 0 Å². The Labute approximate surface area is 105 Å². The van der Waals surface area contributed by atoms with E-state index in [0.717, 1.165) is 5.56 Å². The number of rotatable bonds is 4. The van der Waals surface area contributed by atoms with Crippen molar-refractivity contribution in [3.8, 4) is 0 Å². The van der Waals surface area contributed by atoms with Gasteiger partial charge in [-0.2, -0.15) is 0 Å². The predicted molar refractivity (Wildman–Crippen MR) is 73.4 cm³/mol. The number of fused-ring (bicyclic) bond motifs is 1. The summed E-state index contributed by atoms with van der Waals surface area (Å²) in [5, 5.41) is 3.24. The number of nitrogens with two attached hydrogens (primary N) is 1. The van der Waals surface area contributed by atoms with Crippen LogP contribution in [0.4, 0.5) is 0 Å². The fourth-order valence-corrected chi connectivity index (χ4v) is 2.70. The summed E-state index contributed by atoms with van der Waals surface area (Å²) in [5.41, 5.74) is 6.37. The molecule has 0 fully saturated rings. The summed E-state index contributed by atoms with van der Waals surface area (Å²) in [6.45, 7) is 3.76.